The van der Waals surface area contributed by atoms with Gasteiger partial charge in [0.15, 0.2) is 0 Å². The first-order valence-corrected chi connectivity index (χ1v) is 11.9. The van der Waals surface area contributed by atoms with E-state index in [0.29, 0.717) is 34.0 Å². The number of amides is 1. The monoisotopic (exact) mass is 514 g/mol. The Morgan fingerprint density at radius 3 is 2.78 bits per heavy atom. The number of carbonyl (C=O) groups is 1. The van der Waals surface area contributed by atoms with Crippen molar-refractivity contribution in [3.63, 3.8) is 0 Å². The lowest BCUT2D eigenvalue weighted by atomic mass is 10.1. The third-order valence-corrected chi connectivity index (χ3v) is 8.11. The fourth-order valence-corrected chi connectivity index (χ4v) is 6.14. The first-order valence-electron chi connectivity index (χ1n) is 10.3. The summed E-state index contributed by atoms with van der Waals surface area (Å²) in [6.07, 6.45) is 1.70. The Morgan fingerprint density at radius 1 is 1.25 bits per heavy atom. The molecule has 2 aromatic heterocycles. The van der Waals surface area contributed by atoms with Crippen LogP contribution < -0.4 is 0 Å². The predicted molar refractivity (Wildman–Crippen MR) is 121 cm³/mol. The Morgan fingerprint density at radius 2 is 2.03 bits per heavy atom. The van der Waals surface area contributed by atoms with Crippen LogP contribution in [0.3, 0.4) is 0 Å². The highest BCUT2D eigenvalue weighted by Crippen LogP contribution is 2.62. The maximum atomic E-state index is 14.0. The Balaban J connectivity index is 1.41. The van der Waals surface area contributed by atoms with Crippen molar-refractivity contribution < 1.29 is 13.6 Å². The minimum Gasteiger partial charge on any atom is -0.340 e. The summed E-state index contributed by atoms with van der Waals surface area (Å²) in [5.74, 6) is 0.156. The highest BCUT2D eigenvalue weighted by atomic mass is 79.9. The van der Waals surface area contributed by atoms with E-state index in [9.17, 15) is 13.6 Å². The molecule has 4 aromatic rings. The average molecular weight is 515 g/mol. The molecule has 1 aliphatic heterocycles. The SMILES string of the molecule is Cc1nc(C(=O)N2CC[C@@H]3C[C@@]32c2nc3cc(F)c(Br)cc3[nH]2)c(-c2ccc(F)cc2)s1. The molecule has 1 aliphatic carbocycles. The van der Waals surface area contributed by atoms with Crippen molar-refractivity contribution in [1.29, 1.82) is 0 Å². The number of H-pyrrole nitrogens is 1. The van der Waals surface area contributed by atoms with Crippen molar-refractivity contribution in [2.24, 2.45) is 5.92 Å². The maximum absolute atomic E-state index is 14.0. The molecule has 1 saturated heterocycles. The van der Waals surface area contributed by atoms with Gasteiger partial charge in [-0.15, -0.1) is 11.3 Å². The van der Waals surface area contributed by atoms with Crippen molar-refractivity contribution in [3.05, 3.63) is 69.0 Å². The van der Waals surface area contributed by atoms with E-state index in [4.69, 9.17) is 0 Å². The van der Waals surface area contributed by atoms with Crippen molar-refractivity contribution in [3.8, 4) is 10.4 Å². The highest BCUT2D eigenvalue weighted by Gasteiger charge is 2.66. The zero-order chi connectivity index (χ0) is 22.2. The van der Waals surface area contributed by atoms with E-state index in [1.54, 1.807) is 18.2 Å². The minimum absolute atomic E-state index is 0.151. The number of piperidine rings is 1. The van der Waals surface area contributed by atoms with Crippen LogP contribution in [0.25, 0.3) is 21.5 Å². The van der Waals surface area contributed by atoms with Crippen molar-refractivity contribution in [2.45, 2.75) is 25.3 Å². The standard InChI is InChI=1S/C23H17BrF2N4OS/c1-11-27-19(20(32-11)12-2-4-14(25)5-3-12)21(31)30-7-6-13-10-23(13,30)22-28-17-8-15(24)16(26)9-18(17)29-22/h2-5,8-9,13H,6-7,10H2,1H3,(H,28,29)/t13-,23+/m1/s1. The Hall–Kier alpha value is -2.65. The van der Waals surface area contributed by atoms with Gasteiger partial charge in [0, 0.05) is 12.6 Å². The minimum atomic E-state index is -0.517. The van der Waals surface area contributed by atoms with Crippen LogP contribution in [0.1, 0.15) is 34.2 Å². The topological polar surface area (TPSA) is 61.9 Å². The van der Waals surface area contributed by atoms with E-state index < -0.39 is 5.54 Å². The molecule has 1 amide bonds. The normalized spacial score (nSPS) is 21.9. The number of nitrogens with one attached hydrogen (secondary N) is 1. The molecule has 9 heteroatoms. The van der Waals surface area contributed by atoms with Gasteiger partial charge in [0.25, 0.3) is 5.91 Å². The smallest absolute Gasteiger partial charge is 0.274 e. The van der Waals surface area contributed by atoms with Crippen molar-refractivity contribution in [2.75, 3.05) is 6.54 Å². The summed E-state index contributed by atoms with van der Waals surface area (Å²) in [7, 11) is 0. The zero-order valence-electron chi connectivity index (χ0n) is 17.0. The summed E-state index contributed by atoms with van der Waals surface area (Å²) in [5, 5.41) is 0.775. The van der Waals surface area contributed by atoms with Gasteiger partial charge in [-0.2, -0.15) is 0 Å². The van der Waals surface area contributed by atoms with Crippen molar-refractivity contribution >= 4 is 44.2 Å². The van der Waals surface area contributed by atoms with Crippen molar-refractivity contribution in [1.82, 2.24) is 19.9 Å². The van der Waals surface area contributed by atoms with Gasteiger partial charge < -0.3 is 9.88 Å². The third kappa shape index (κ3) is 2.87. The van der Waals surface area contributed by atoms with Crippen LogP contribution in [0.15, 0.2) is 40.9 Å². The second kappa shape index (κ2) is 6.92. The lowest BCUT2D eigenvalue weighted by Gasteiger charge is -2.26. The lowest BCUT2D eigenvalue weighted by Crippen LogP contribution is -2.39. The van der Waals surface area contributed by atoms with Crippen LogP contribution in [-0.2, 0) is 5.54 Å². The number of benzene rings is 2. The molecule has 1 saturated carbocycles. The number of imidazole rings is 1. The number of likely N-dealkylation sites (tertiary alicyclic amines) is 1. The zero-order valence-corrected chi connectivity index (χ0v) is 19.4. The first-order chi connectivity index (χ1) is 15.4. The Labute approximate surface area is 194 Å². The number of aryl methyl sites for hydroxylation is 1. The molecule has 162 valence electrons. The lowest BCUT2D eigenvalue weighted by molar-refractivity contribution is 0.0676. The molecule has 32 heavy (non-hydrogen) atoms. The van der Waals surface area contributed by atoms with Crippen LogP contribution in [0, 0.1) is 24.5 Å². The summed E-state index contributed by atoms with van der Waals surface area (Å²) in [6.45, 7) is 2.47. The molecule has 2 aromatic carbocycles. The van der Waals surface area contributed by atoms with Gasteiger partial charge in [-0.1, -0.05) is 12.1 Å². The number of halogens is 3. The number of aromatic nitrogens is 3. The molecule has 2 atom stereocenters. The molecule has 0 bridgehead atoms. The number of nitrogens with zero attached hydrogens (tertiary/aromatic N) is 3. The largest absolute Gasteiger partial charge is 0.340 e. The van der Waals surface area contributed by atoms with Gasteiger partial charge in [0.1, 0.15) is 28.7 Å². The quantitative estimate of drug-likeness (QED) is 0.376. The molecule has 2 aliphatic rings. The molecule has 0 radical (unpaired) electrons. The van der Waals surface area contributed by atoms with Gasteiger partial charge in [0.2, 0.25) is 0 Å². The fraction of sp³-hybridized carbons (Fsp3) is 0.261. The molecule has 0 unspecified atom stereocenters. The Kier molecular flexibility index (Phi) is 4.32. The number of hydrogen-bond donors (Lipinski definition) is 1. The van der Waals surface area contributed by atoms with E-state index in [1.165, 1.54) is 29.5 Å². The Bertz CT molecular complexity index is 1360. The highest BCUT2D eigenvalue weighted by molar-refractivity contribution is 9.10. The molecule has 6 rings (SSSR count). The molecule has 5 nitrogen and oxygen atoms in total. The predicted octanol–water partition coefficient (Wildman–Crippen LogP) is 5.80. The maximum Gasteiger partial charge on any atom is 0.274 e. The van der Waals surface area contributed by atoms with E-state index in [2.05, 4.69) is 30.9 Å². The fourth-order valence-electron chi connectivity index (χ4n) is 4.88. The summed E-state index contributed by atoms with van der Waals surface area (Å²) in [5.41, 5.74) is 1.90. The second-order valence-corrected chi connectivity index (χ2v) is 10.4. The average Bonchev–Trinajstić information content (AvgIpc) is 3.06. The number of rotatable bonds is 3. The van der Waals surface area contributed by atoms with E-state index in [1.807, 2.05) is 11.8 Å². The molecule has 0 spiro atoms. The van der Waals surface area contributed by atoms with Gasteiger partial charge in [-0.3, -0.25) is 4.79 Å². The third-order valence-electron chi connectivity index (χ3n) is 6.48. The molecule has 3 heterocycles. The number of fused-ring (bicyclic) bond motifs is 2. The summed E-state index contributed by atoms with van der Waals surface area (Å²) in [4.78, 5) is 28.9. The summed E-state index contributed by atoms with van der Waals surface area (Å²) < 4.78 is 27.8. The van der Waals surface area contributed by atoms with E-state index in [0.717, 1.165) is 33.8 Å². The molecule has 2 fully saturated rings. The summed E-state index contributed by atoms with van der Waals surface area (Å²) >= 11 is 4.64. The number of carbonyl (C=O) groups excluding carboxylic acids is 1. The van der Waals surface area contributed by atoms with Gasteiger partial charge >= 0.3 is 0 Å². The van der Waals surface area contributed by atoms with E-state index >= 15 is 0 Å². The van der Waals surface area contributed by atoms with Crippen LogP contribution >= 0.6 is 27.3 Å². The second-order valence-electron chi connectivity index (χ2n) is 8.36. The van der Waals surface area contributed by atoms with E-state index in [-0.39, 0.29) is 17.5 Å². The van der Waals surface area contributed by atoms with Gasteiger partial charge in [-0.25, -0.2) is 18.7 Å². The van der Waals surface area contributed by atoms with Gasteiger partial charge in [-0.05, 0) is 65.4 Å². The first kappa shape index (κ1) is 20.0. The molecular weight excluding hydrogens is 498 g/mol. The number of aromatic amines is 1. The number of thiazole rings is 1. The van der Waals surface area contributed by atoms with Gasteiger partial charge in [0.05, 0.1) is 25.4 Å². The van der Waals surface area contributed by atoms with Crippen LogP contribution in [-0.4, -0.2) is 32.3 Å². The van der Waals surface area contributed by atoms with Crippen LogP contribution in [0.5, 0.6) is 0 Å². The summed E-state index contributed by atoms with van der Waals surface area (Å²) in [6, 6.07) is 9.18. The van der Waals surface area contributed by atoms with Crippen LogP contribution in [0.4, 0.5) is 8.78 Å². The van der Waals surface area contributed by atoms with Crippen LogP contribution in [0.2, 0.25) is 0 Å². The molecular formula is C23H17BrF2N4OS. The molecule has 1 N–H and O–H groups in total. The number of hydrogen-bond acceptors (Lipinski definition) is 4.